The highest BCUT2D eigenvalue weighted by Gasteiger charge is 2.32. The molecule has 0 aliphatic rings. The van der Waals surface area contributed by atoms with Crippen molar-refractivity contribution in [1.82, 2.24) is 14.8 Å². The molecule has 2 aromatic rings. The van der Waals surface area contributed by atoms with Gasteiger partial charge in [0.15, 0.2) is 17.3 Å². The van der Waals surface area contributed by atoms with E-state index in [0.717, 1.165) is 17.7 Å². The molecule has 0 aliphatic heterocycles. The van der Waals surface area contributed by atoms with Crippen LogP contribution in [0.4, 0.5) is 13.2 Å². The number of carbonyl (C=O) groups is 1. The molecule has 5 nitrogen and oxygen atoms in total. The topological polar surface area (TPSA) is 64.8 Å². The van der Waals surface area contributed by atoms with Crippen LogP contribution in [0, 0.1) is 6.92 Å². The molecule has 0 fully saturated rings. The summed E-state index contributed by atoms with van der Waals surface area (Å²) in [6, 6.07) is 3.28. The summed E-state index contributed by atoms with van der Waals surface area (Å²) in [5.74, 6) is -0.755. The fourth-order valence-electron chi connectivity index (χ4n) is 2.00. The molecule has 0 spiro atoms. The average Bonchev–Trinajstić information content (AvgIpc) is 2.48. The van der Waals surface area contributed by atoms with Gasteiger partial charge in [-0.05, 0) is 25.1 Å². The SMILES string of the molecule is C=Cc1c(C)c(=O)c(C(C)=O)nn1-c1cccc(C(F)(F)F)n1. The molecule has 0 N–H and O–H groups in total. The molecule has 0 aliphatic carbocycles. The predicted octanol–water partition coefficient (Wildman–Crippen LogP) is 2.80. The lowest BCUT2D eigenvalue weighted by Crippen LogP contribution is -2.25. The van der Waals surface area contributed by atoms with E-state index in [0.29, 0.717) is 0 Å². The van der Waals surface area contributed by atoms with E-state index < -0.39 is 23.1 Å². The first-order valence-electron chi connectivity index (χ1n) is 6.48. The lowest BCUT2D eigenvalue weighted by molar-refractivity contribution is -0.141. The third-order valence-corrected chi connectivity index (χ3v) is 3.14. The van der Waals surface area contributed by atoms with Crippen LogP contribution in [-0.4, -0.2) is 20.5 Å². The Labute approximate surface area is 129 Å². The third kappa shape index (κ3) is 3.05. The second-order valence-electron chi connectivity index (χ2n) is 4.74. The van der Waals surface area contributed by atoms with E-state index in [4.69, 9.17) is 0 Å². The molecule has 0 aromatic carbocycles. The van der Waals surface area contributed by atoms with Crippen LogP contribution in [0.15, 0.2) is 29.6 Å². The Balaban J connectivity index is 2.80. The molecule has 0 bridgehead atoms. The van der Waals surface area contributed by atoms with Crippen LogP contribution in [-0.2, 0) is 6.18 Å². The van der Waals surface area contributed by atoms with Crippen molar-refractivity contribution in [2.24, 2.45) is 0 Å². The van der Waals surface area contributed by atoms with Crippen LogP contribution in [0.2, 0.25) is 0 Å². The highest BCUT2D eigenvalue weighted by molar-refractivity contribution is 5.92. The van der Waals surface area contributed by atoms with Crippen molar-refractivity contribution in [3.05, 3.63) is 57.6 Å². The first-order valence-corrected chi connectivity index (χ1v) is 6.48. The van der Waals surface area contributed by atoms with Crippen molar-refractivity contribution < 1.29 is 18.0 Å². The molecule has 0 saturated heterocycles. The number of carbonyl (C=O) groups excluding carboxylic acids is 1. The van der Waals surface area contributed by atoms with E-state index in [-0.39, 0.29) is 22.8 Å². The summed E-state index contributed by atoms with van der Waals surface area (Å²) in [6.07, 6.45) is -3.35. The number of hydrogen-bond acceptors (Lipinski definition) is 4. The fourth-order valence-corrected chi connectivity index (χ4v) is 2.00. The Morgan fingerprint density at radius 1 is 1.35 bits per heavy atom. The molecule has 23 heavy (non-hydrogen) atoms. The van der Waals surface area contributed by atoms with Gasteiger partial charge < -0.3 is 0 Å². The van der Waals surface area contributed by atoms with Crippen LogP contribution < -0.4 is 5.43 Å². The standard InChI is InChI=1S/C15H12F3N3O2/c1-4-10-8(2)14(23)13(9(3)22)20-21(10)12-7-5-6-11(19-12)15(16,17)18/h4-7H,1H2,2-3H3. The van der Waals surface area contributed by atoms with Crippen molar-refractivity contribution in [1.29, 1.82) is 0 Å². The molecule has 120 valence electrons. The number of rotatable bonds is 3. The first-order chi connectivity index (χ1) is 10.7. The summed E-state index contributed by atoms with van der Waals surface area (Å²) < 4.78 is 39.4. The summed E-state index contributed by atoms with van der Waals surface area (Å²) in [7, 11) is 0. The van der Waals surface area contributed by atoms with Gasteiger partial charge in [-0.1, -0.05) is 12.6 Å². The average molecular weight is 323 g/mol. The summed E-state index contributed by atoms with van der Waals surface area (Å²) in [4.78, 5) is 27.1. The van der Waals surface area contributed by atoms with E-state index in [1.54, 1.807) is 0 Å². The molecular weight excluding hydrogens is 311 g/mol. The third-order valence-electron chi connectivity index (χ3n) is 3.14. The minimum absolute atomic E-state index is 0.152. The highest BCUT2D eigenvalue weighted by Crippen LogP contribution is 2.28. The molecule has 0 saturated carbocycles. The van der Waals surface area contributed by atoms with Gasteiger partial charge in [-0.15, -0.1) is 0 Å². The van der Waals surface area contributed by atoms with E-state index in [2.05, 4.69) is 16.7 Å². The lowest BCUT2D eigenvalue weighted by Gasteiger charge is -2.14. The van der Waals surface area contributed by atoms with Gasteiger partial charge in [0.05, 0.1) is 5.69 Å². The monoisotopic (exact) mass is 323 g/mol. The van der Waals surface area contributed by atoms with Crippen LogP contribution >= 0.6 is 0 Å². The smallest absolute Gasteiger partial charge is 0.293 e. The Morgan fingerprint density at radius 2 is 2.00 bits per heavy atom. The summed E-state index contributed by atoms with van der Waals surface area (Å²) in [6.45, 7) is 6.13. The summed E-state index contributed by atoms with van der Waals surface area (Å²) in [5, 5.41) is 3.85. The zero-order valence-corrected chi connectivity index (χ0v) is 12.3. The van der Waals surface area contributed by atoms with Crippen molar-refractivity contribution in [3.8, 4) is 5.82 Å². The van der Waals surface area contributed by atoms with Crippen molar-refractivity contribution >= 4 is 11.9 Å². The molecule has 2 heterocycles. The Kier molecular flexibility index (Phi) is 4.18. The number of nitrogens with zero attached hydrogens (tertiary/aromatic N) is 3. The van der Waals surface area contributed by atoms with Crippen LogP contribution in [0.25, 0.3) is 11.9 Å². The number of ketones is 1. The van der Waals surface area contributed by atoms with Crippen LogP contribution in [0.1, 0.15) is 34.4 Å². The quantitative estimate of drug-likeness (QED) is 0.815. The zero-order valence-electron chi connectivity index (χ0n) is 12.3. The Hall–Kier alpha value is -2.77. The number of halogens is 3. The maximum absolute atomic E-state index is 12.8. The number of alkyl halides is 3. The van der Waals surface area contributed by atoms with Crippen LogP contribution in [0.5, 0.6) is 0 Å². The van der Waals surface area contributed by atoms with Gasteiger partial charge in [0.25, 0.3) is 0 Å². The largest absolute Gasteiger partial charge is 0.433 e. The van der Waals surface area contributed by atoms with Gasteiger partial charge >= 0.3 is 6.18 Å². The minimum Gasteiger partial charge on any atom is -0.293 e. The van der Waals surface area contributed by atoms with Crippen LogP contribution in [0.3, 0.4) is 0 Å². The van der Waals surface area contributed by atoms with Gasteiger partial charge in [0, 0.05) is 12.5 Å². The number of hydrogen-bond donors (Lipinski definition) is 0. The Bertz CT molecular complexity index is 854. The summed E-state index contributed by atoms with van der Waals surface area (Å²) >= 11 is 0. The van der Waals surface area contributed by atoms with Crippen molar-refractivity contribution in [2.45, 2.75) is 20.0 Å². The van der Waals surface area contributed by atoms with Crippen molar-refractivity contribution in [2.75, 3.05) is 0 Å². The Morgan fingerprint density at radius 3 is 2.52 bits per heavy atom. The number of pyridine rings is 1. The maximum Gasteiger partial charge on any atom is 0.433 e. The molecular formula is C15H12F3N3O2. The van der Waals surface area contributed by atoms with Gasteiger partial charge in [0.1, 0.15) is 5.69 Å². The second kappa shape index (κ2) is 5.79. The number of Topliss-reactive ketones (excluding diaryl/α,β-unsaturated/α-hetero) is 1. The van der Waals surface area contributed by atoms with Gasteiger partial charge in [0.2, 0.25) is 5.43 Å². The highest BCUT2D eigenvalue weighted by atomic mass is 19.4. The molecule has 2 rings (SSSR count). The van der Waals surface area contributed by atoms with E-state index >= 15 is 0 Å². The van der Waals surface area contributed by atoms with Gasteiger partial charge in [-0.3, -0.25) is 9.59 Å². The van der Waals surface area contributed by atoms with E-state index in [1.807, 2.05) is 0 Å². The second-order valence-corrected chi connectivity index (χ2v) is 4.74. The van der Waals surface area contributed by atoms with Gasteiger partial charge in [-0.25, -0.2) is 9.67 Å². The normalized spacial score (nSPS) is 11.3. The summed E-state index contributed by atoms with van der Waals surface area (Å²) in [5.41, 5.74) is -1.73. The molecule has 0 atom stereocenters. The molecule has 0 amide bonds. The van der Waals surface area contributed by atoms with Gasteiger partial charge in [-0.2, -0.15) is 18.3 Å². The maximum atomic E-state index is 12.8. The minimum atomic E-state index is -4.62. The first kappa shape index (κ1) is 16.6. The molecule has 8 heteroatoms. The van der Waals surface area contributed by atoms with E-state index in [1.165, 1.54) is 25.1 Å². The zero-order chi connectivity index (χ0) is 17.4. The predicted molar refractivity (Wildman–Crippen MR) is 77.5 cm³/mol. The number of aromatic nitrogens is 3. The molecule has 2 aromatic heterocycles. The molecule has 0 unspecified atom stereocenters. The van der Waals surface area contributed by atoms with E-state index in [9.17, 15) is 22.8 Å². The van der Waals surface area contributed by atoms with Crippen molar-refractivity contribution in [3.63, 3.8) is 0 Å². The fraction of sp³-hybridized carbons (Fsp3) is 0.200. The molecule has 0 radical (unpaired) electrons. The lowest BCUT2D eigenvalue weighted by atomic mass is 10.1.